The van der Waals surface area contributed by atoms with Crippen LogP contribution in [0, 0.1) is 11.8 Å². The van der Waals surface area contributed by atoms with Gasteiger partial charge < -0.3 is 5.73 Å². The highest BCUT2D eigenvalue weighted by Crippen LogP contribution is 2.36. The van der Waals surface area contributed by atoms with Crippen molar-refractivity contribution in [3.63, 3.8) is 0 Å². The summed E-state index contributed by atoms with van der Waals surface area (Å²) in [6.45, 7) is 4.96. The molecular formula is C18H27NO. The molecule has 0 saturated heterocycles. The van der Waals surface area contributed by atoms with Crippen LogP contribution in [0.3, 0.4) is 0 Å². The maximum absolute atomic E-state index is 12.3. The highest BCUT2D eigenvalue weighted by molar-refractivity contribution is 5.96. The monoisotopic (exact) mass is 273 g/mol. The number of benzene rings is 1. The third kappa shape index (κ3) is 3.92. The van der Waals surface area contributed by atoms with E-state index in [1.54, 1.807) is 0 Å². The molecule has 1 unspecified atom stereocenters. The molecule has 2 N–H and O–H groups in total. The second kappa shape index (κ2) is 7.03. The van der Waals surface area contributed by atoms with Crippen LogP contribution in [-0.4, -0.2) is 12.3 Å². The summed E-state index contributed by atoms with van der Waals surface area (Å²) in [5.41, 5.74) is 8.02. The molecule has 1 aliphatic rings. The van der Waals surface area contributed by atoms with Gasteiger partial charge in [-0.2, -0.15) is 0 Å². The molecule has 1 atom stereocenters. The van der Waals surface area contributed by atoms with Crippen molar-refractivity contribution in [2.24, 2.45) is 17.6 Å². The van der Waals surface area contributed by atoms with Crippen molar-refractivity contribution in [2.75, 3.05) is 6.54 Å². The minimum atomic E-state index is 0.237. The van der Waals surface area contributed by atoms with Crippen LogP contribution < -0.4 is 5.73 Å². The van der Waals surface area contributed by atoms with Gasteiger partial charge in [0.1, 0.15) is 0 Å². The van der Waals surface area contributed by atoms with E-state index in [2.05, 4.69) is 26.0 Å². The van der Waals surface area contributed by atoms with E-state index in [0.29, 0.717) is 24.8 Å². The molecule has 2 heteroatoms. The lowest BCUT2D eigenvalue weighted by molar-refractivity contribution is 0.0957. The molecule has 110 valence electrons. The van der Waals surface area contributed by atoms with E-state index in [0.717, 1.165) is 17.9 Å². The fourth-order valence-electron chi connectivity index (χ4n) is 2.99. The standard InChI is InChI=1S/C18H27NO/c1-13(2)10-14(12-19)11-18(20)17-8-6-16(7-9-17)15-4-3-5-15/h6-9,13-15H,3-5,10-12,19H2,1-2H3. The highest BCUT2D eigenvalue weighted by atomic mass is 16.1. The molecule has 1 aromatic carbocycles. The van der Waals surface area contributed by atoms with Gasteiger partial charge in [0.15, 0.2) is 5.78 Å². The van der Waals surface area contributed by atoms with E-state index in [1.165, 1.54) is 24.8 Å². The minimum Gasteiger partial charge on any atom is -0.330 e. The van der Waals surface area contributed by atoms with Crippen LogP contribution in [0.15, 0.2) is 24.3 Å². The maximum atomic E-state index is 12.3. The Kier molecular flexibility index (Phi) is 5.36. The molecule has 2 nitrogen and oxygen atoms in total. The zero-order chi connectivity index (χ0) is 14.5. The molecule has 1 aliphatic carbocycles. The second-order valence-corrected chi connectivity index (χ2v) is 6.61. The first-order chi connectivity index (χ1) is 9.60. The van der Waals surface area contributed by atoms with Gasteiger partial charge in [0.05, 0.1) is 0 Å². The molecule has 0 heterocycles. The first kappa shape index (κ1) is 15.2. The topological polar surface area (TPSA) is 43.1 Å². The number of Topliss-reactive ketones (excluding diaryl/α,β-unsaturated/α-hetero) is 1. The van der Waals surface area contributed by atoms with Gasteiger partial charge in [-0.15, -0.1) is 0 Å². The van der Waals surface area contributed by atoms with Crippen LogP contribution >= 0.6 is 0 Å². The third-order valence-electron chi connectivity index (χ3n) is 4.42. The summed E-state index contributed by atoms with van der Waals surface area (Å²) < 4.78 is 0. The second-order valence-electron chi connectivity index (χ2n) is 6.61. The first-order valence-corrected chi connectivity index (χ1v) is 7.93. The summed E-state index contributed by atoms with van der Waals surface area (Å²) in [6.07, 6.45) is 5.56. The summed E-state index contributed by atoms with van der Waals surface area (Å²) in [4.78, 5) is 12.3. The van der Waals surface area contributed by atoms with Crippen LogP contribution in [0.25, 0.3) is 0 Å². The first-order valence-electron chi connectivity index (χ1n) is 7.93. The van der Waals surface area contributed by atoms with Gasteiger partial charge in [-0.05, 0) is 49.1 Å². The Morgan fingerprint density at radius 3 is 2.35 bits per heavy atom. The quantitative estimate of drug-likeness (QED) is 0.758. The Morgan fingerprint density at radius 1 is 1.25 bits per heavy atom. The van der Waals surface area contributed by atoms with E-state index in [4.69, 9.17) is 5.73 Å². The van der Waals surface area contributed by atoms with E-state index in [-0.39, 0.29) is 5.78 Å². The normalized spacial score (nSPS) is 17.0. The van der Waals surface area contributed by atoms with Crippen molar-refractivity contribution in [1.82, 2.24) is 0 Å². The summed E-state index contributed by atoms with van der Waals surface area (Å²) in [5, 5.41) is 0. The molecule has 1 fully saturated rings. The maximum Gasteiger partial charge on any atom is 0.163 e. The average Bonchev–Trinajstić information content (AvgIpc) is 2.36. The molecular weight excluding hydrogens is 246 g/mol. The summed E-state index contributed by atoms with van der Waals surface area (Å²) in [6, 6.07) is 8.27. The van der Waals surface area contributed by atoms with Crippen molar-refractivity contribution in [2.45, 2.75) is 51.9 Å². The van der Waals surface area contributed by atoms with E-state index in [9.17, 15) is 4.79 Å². The predicted molar refractivity (Wildman–Crippen MR) is 84.0 cm³/mol. The van der Waals surface area contributed by atoms with Crippen molar-refractivity contribution in [1.29, 1.82) is 0 Å². The number of hydrogen-bond acceptors (Lipinski definition) is 2. The number of ketones is 1. The molecule has 0 aliphatic heterocycles. The van der Waals surface area contributed by atoms with Gasteiger partial charge in [-0.25, -0.2) is 0 Å². The van der Waals surface area contributed by atoms with Crippen LogP contribution in [0.1, 0.15) is 67.8 Å². The van der Waals surface area contributed by atoms with Gasteiger partial charge in [-0.1, -0.05) is 44.5 Å². The van der Waals surface area contributed by atoms with E-state index in [1.807, 2.05) is 12.1 Å². The average molecular weight is 273 g/mol. The molecule has 0 bridgehead atoms. The molecule has 0 aromatic heterocycles. The van der Waals surface area contributed by atoms with Gasteiger partial charge in [0, 0.05) is 12.0 Å². The molecule has 2 rings (SSSR count). The number of rotatable bonds is 7. The number of nitrogens with two attached hydrogens (primary N) is 1. The Labute approximate surface area is 122 Å². The zero-order valence-corrected chi connectivity index (χ0v) is 12.8. The Balaban J connectivity index is 1.94. The zero-order valence-electron chi connectivity index (χ0n) is 12.8. The Morgan fingerprint density at radius 2 is 1.90 bits per heavy atom. The Bertz CT molecular complexity index is 431. The van der Waals surface area contributed by atoms with Gasteiger partial charge in [-0.3, -0.25) is 4.79 Å². The largest absolute Gasteiger partial charge is 0.330 e. The van der Waals surface area contributed by atoms with E-state index >= 15 is 0 Å². The molecule has 0 spiro atoms. The van der Waals surface area contributed by atoms with Crippen LogP contribution in [0.4, 0.5) is 0 Å². The van der Waals surface area contributed by atoms with Crippen molar-refractivity contribution >= 4 is 5.78 Å². The lowest BCUT2D eigenvalue weighted by Gasteiger charge is -2.25. The smallest absolute Gasteiger partial charge is 0.163 e. The lowest BCUT2D eigenvalue weighted by atomic mass is 9.80. The Hall–Kier alpha value is -1.15. The van der Waals surface area contributed by atoms with Crippen LogP contribution in [0.2, 0.25) is 0 Å². The van der Waals surface area contributed by atoms with Crippen molar-refractivity contribution in [3.05, 3.63) is 35.4 Å². The SMILES string of the molecule is CC(C)CC(CN)CC(=O)c1ccc(C2CCC2)cc1. The predicted octanol–water partition coefficient (Wildman–Crippen LogP) is 4.15. The van der Waals surface area contributed by atoms with Gasteiger partial charge >= 0.3 is 0 Å². The van der Waals surface area contributed by atoms with Gasteiger partial charge in [0.2, 0.25) is 0 Å². The summed E-state index contributed by atoms with van der Waals surface area (Å²) >= 11 is 0. The molecule has 0 amide bonds. The molecule has 1 saturated carbocycles. The third-order valence-corrected chi connectivity index (χ3v) is 4.42. The summed E-state index contributed by atoms with van der Waals surface area (Å²) in [7, 11) is 0. The highest BCUT2D eigenvalue weighted by Gasteiger charge is 2.20. The fourth-order valence-corrected chi connectivity index (χ4v) is 2.99. The minimum absolute atomic E-state index is 0.237. The van der Waals surface area contributed by atoms with Crippen molar-refractivity contribution in [3.8, 4) is 0 Å². The van der Waals surface area contributed by atoms with Crippen LogP contribution in [-0.2, 0) is 0 Å². The van der Waals surface area contributed by atoms with Gasteiger partial charge in [0.25, 0.3) is 0 Å². The number of carbonyl (C=O) groups excluding carboxylic acids is 1. The van der Waals surface area contributed by atoms with Crippen molar-refractivity contribution < 1.29 is 4.79 Å². The molecule has 1 aromatic rings. The molecule has 0 radical (unpaired) electrons. The molecule has 20 heavy (non-hydrogen) atoms. The van der Waals surface area contributed by atoms with Crippen LogP contribution in [0.5, 0.6) is 0 Å². The fraction of sp³-hybridized carbons (Fsp3) is 0.611. The lowest BCUT2D eigenvalue weighted by Crippen LogP contribution is -2.20. The number of hydrogen-bond donors (Lipinski definition) is 1. The summed E-state index contributed by atoms with van der Waals surface area (Å²) in [5.74, 6) is 1.88. The number of carbonyl (C=O) groups is 1. The van der Waals surface area contributed by atoms with E-state index < -0.39 is 0 Å².